The number of hydrogen-bond acceptors (Lipinski definition) is 4. The minimum atomic E-state index is -0.137. The van der Waals surface area contributed by atoms with E-state index in [0.29, 0.717) is 26.4 Å². The Morgan fingerprint density at radius 2 is 0.583 bits per heavy atom. The highest BCUT2D eigenvalue weighted by molar-refractivity contribution is 5.59. The van der Waals surface area contributed by atoms with Gasteiger partial charge in [-0.2, -0.15) is 0 Å². The number of rotatable bonds is 12. The molecule has 0 fully saturated rings. The second-order valence-electron chi connectivity index (χ2n) is 21.6. The number of hydrogen-bond donors (Lipinski definition) is 0. The Morgan fingerprint density at radius 1 is 0.333 bits per heavy atom. The highest BCUT2D eigenvalue weighted by Crippen LogP contribution is 2.44. The van der Waals surface area contributed by atoms with Gasteiger partial charge in [0.15, 0.2) is 0 Å². The predicted molar refractivity (Wildman–Crippen MR) is 255 cm³/mol. The Morgan fingerprint density at radius 3 is 0.800 bits per heavy atom. The summed E-state index contributed by atoms with van der Waals surface area (Å²) in [5.41, 5.74) is 15.2. The van der Waals surface area contributed by atoms with Crippen LogP contribution in [0.1, 0.15) is 203 Å². The number of fused-ring (bicyclic) bond motifs is 8. The van der Waals surface area contributed by atoms with Crippen LogP contribution in [0.15, 0.2) is 48.5 Å². The summed E-state index contributed by atoms with van der Waals surface area (Å²) in [6.07, 6.45) is 6.72. The second kappa shape index (κ2) is 19.0. The van der Waals surface area contributed by atoms with Crippen LogP contribution in [-0.4, -0.2) is 26.4 Å². The fraction of sp³-hybridized carbons (Fsp3) is 0.571. The lowest BCUT2D eigenvalue weighted by Crippen LogP contribution is -2.22. The van der Waals surface area contributed by atoms with E-state index in [1.807, 2.05) is 0 Å². The van der Waals surface area contributed by atoms with Crippen molar-refractivity contribution in [1.82, 2.24) is 0 Å². The highest BCUT2D eigenvalue weighted by Gasteiger charge is 2.31. The van der Waals surface area contributed by atoms with Crippen molar-refractivity contribution in [2.45, 2.75) is 184 Å². The Kier molecular flexibility index (Phi) is 14.9. The van der Waals surface area contributed by atoms with Crippen LogP contribution in [0.2, 0.25) is 0 Å². The van der Waals surface area contributed by atoms with Crippen molar-refractivity contribution in [3.63, 3.8) is 0 Å². The van der Waals surface area contributed by atoms with E-state index < -0.39 is 0 Å². The van der Waals surface area contributed by atoms with Crippen LogP contribution in [0.25, 0.3) is 0 Å². The van der Waals surface area contributed by atoms with E-state index in [9.17, 15) is 0 Å². The van der Waals surface area contributed by atoms with Crippen LogP contribution in [0.5, 0.6) is 23.0 Å². The molecule has 0 aromatic heterocycles. The molecule has 0 saturated heterocycles. The summed E-state index contributed by atoms with van der Waals surface area (Å²) < 4.78 is 27.1. The molecule has 0 amide bonds. The van der Waals surface area contributed by atoms with Crippen LogP contribution < -0.4 is 18.9 Å². The fourth-order valence-electron chi connectivity index (χ4n) is 9.06. The minimum absolute atomic E-state index is 0.0603. The van der Waals surface area contributed by atoms with Gasteiger partial charge < -0.3 is 18.9 Å². The molecule has 60 heavy (non-hydrogen) atoms. The Hall–Kier alpha value is -3.92. The molecule has 0 aliphatic heterocycles. The summed E-state index contributed by atoms with van der Waals surface area (Å²) in [5, 5.41) is 0. The lowest BCUT2D eigenvalue weighted by atomic mass is 9.73. The minimum Gasteiger partial charge on any atom is -0.494 e. The molecule has 1 aliphatic rings. The maximum Gasteiger partial charge on any atom is 0.126 e. The quantitative estimate of drug-likeness (QED) is 0.126. The van der Waals surface area contributed by atoms with Crippen molar-refractivity contribution >= 4 is 0 Å². The number of ether oxygens (including phenoxy) is 4. The molecule has 0 unspecified atom stereocenters. The van der Waals surface area contributed by atoms with E-state index in [0.717, 1.165) is 74.4 Å². The van der Waals surface area contributed by atoms with Crippen LogP contribution in [0.4, 0.5) is 0 Å². The molecular weight excluding hydrogens is 737 g/mol. The molecule has 4 nitrogen and oxygen atoms in total. The van der Waals surface area contributed by atoms with E-state index >= 15 is 0 Å². The van der Waals surface area contributed by atoms with Crippen molar-refractivity contribution < 1.29 is 18.9 Å². The van der Waals surface area contributed by atoms with Crippen LogP contribution in [0.3, 0.4) is 0 Å². The second-order valence-corrected chi connectivity index (χ2v) is 21.6. The smallest absolute Gasteiger partial charge is 0.126 e. The molecule has 328 valence electrons. The van der Waals surface area contributed by atoms with Crippen LogP contribution in [0, 0.1) is 0 Å². The first-order chi connectivity index (χ1) is 28.1. The third-order valence-corrected chi connectivity index (χ3v) is 11.6. The third kappa shape index (κ3) is 11.3. The molecule has 1 aliphatic carbocycles. The van der Waals surface area contributed by atoms with Gasteiger partial charge >= 0.3 is 0 Å². The lowest BCUT2D eigenvalue weighted by molar-refractivity contribution is 0.303. The van der Waals surface area contributed by atoms with E-state index in [1.165, 1.54) is 66.8 Å². The maximum atomic E-state index is 6.96. The first-order valence-electron chi connectivity index (χ1n) is 23.2. The molecule has 0 N–H and O–H groups in total. The Balaban J connectivity index is 2.02. The summed E-state index contributed by atoms with van der Waals surface area (Å²) in [6.45, 7) is 39.7. The summed E-state index contributed by atoms with van der Waals surface area (Å²) in [6, 6.07) is 19.1. The van der Waals surface area contributed by atoms with Crippen molar-refractivity contribution in [3.8, 4) is 23.0 Å². The van der Waals surface area contributed by atoms with Crippen LogP contribution >= 0.6 is 0 Å². The van der Waals surface area contributed by atoms with Gasteiger partial charge in [0.25, 0.3) is 0 Å². The maximum absolute atomic E-state index is 6.96. The van der Waals surface area contributed by atoms with Crippen LogP contribution in [-0.2, 0) is 47.3 Å². The summed E-state index contributed by atoms with van der Waals surface area (Å²) in [7, 11) is 0. The van der Waals surface area contributed by atoms with E-state index in [1.54, 1.807) is 0 Å². The Bertz CT molecular complexity index is 1840. The predicted octanol–water partition coefficient (Wildman–Crippen LogP) is 14.7. The molecule has 0 atom stereocenters. The third-order valence-electron chi connectivity index (χ3n) is 11.6. The monoisotopic (exact) mass is 817 g/mol. The van der Waals surface area contributed by atoms with Crippen molar-refractivity contribution in [3.05, 3.63) is 115 Å². The molecule has 4 aromatic rings. The molecular formula is C56H80O4. The normalized spacial score (nSPS) is 13.6. The molecule has 0 saturated carbocycles. The zero-order chi connectivity index (χ0) is 44.2. The van der Waals surface area contributed by atoms with Gasteiger partial charge in [0.2, 0.25) is 0 Å². The molecule has 4 heteroatoms. The molecule has 5 rings (SSSR count). The number of benzene rings is 4. The molecule has 4 aromatic carbocycles. The molecule has 0 spiro atoms. The summed E-state index contributed by atoms with van der Waals surface area (Å²) in [5.74, 6) is 3.87. The Labute approximate surface area is 366 Å². The van der Waals surface area contributed by atoms with Gasteiger partial charge in [0.1, 0.15) is 23.0 Å². The topological polar surface area (TPSA) is 36.9 Å². The van der Waals surface area contributed by atoms with Gasteiger partial charge in [-0.15, -0.1) is 0 Å². The average Bonchev–Trinajstić information content (AvgIpc) is 3.13. The van der Waals surface area contributed by atoms with Gasteiger partial charge in [-0.25, -0.2) is 0 Å². The van der Waals surface area contributed by atoms with E-state index in [2.05, 4.69) is 159 Å². The lowest BCUT2D eigenvalue weighted by Gasteiger charge is -2.32. The largest absolute Gasteiger partial charge is 0.494 e. The molecule has 0 radical (unpaired) electrons. The highest BCUT2D eigenvalue weighted by atomic mass is 16.5. The summed E-state index contributed by atoms with van der Waals surface area (Å²) in [4.78, 5) is 0. The fourth-order valence-corrected chi connectivity index (χ4v) is 9.06. The van der Waals surface area contributed by atoms with Gasteiger partial charge in [-0.05, 0) is 116 Å². The van der Waals surface area contributed by atoms with Gasteiger partial charge in [-0.3, -0.25) is 0 Å². The first-order valence-corrected chi connectivity index (χ1v) is 23.2. The van der Waals surface area contributed by atoms with Crippen molar-refractivity contribution in [2.75, 3.05) is 26.4 Å². The standard InChI is InChI=1S/C56H80O4/c1-17-21-57-47-33-41-25-37-29-45(53(5,6)7)31-39(49(37)55(11,12)13)27-43-35-48(58-22-18-2)36-44(52(43)60-24-20-4)28-40-32-46(54(8,9)10)30-38(50(40)56(14,15)16)26-42(34-47)51(41)59-23-19-3/h29-36H,17-28H2,1-16H3. The van der Waals surface area contributed by atoms with Crippen molar-refractivity contribution in [1.29, 1.82) is 0 Å². The summed E-state index contributed by atoms with van der Waals surface area (Å²) >= 11 is 0. The zero-order valence-corrected chi connectivity index (χ0v) is 40.7. The average molecular weight is 817 g/mol. The molecule has 0 heterocycles. The molecule has 8 bridgehead atoms. The van der Waals surface area contributed by atoms with Gasteiger partial charge in [0, 0.05) is 47.9 Å². The van der Waals surface area contributed by atoms with E-state index in [4.69, 9.17) is 18.9 Å². The first kappa shape index (κ1) is 47.1. The SMILES string of the molecule is CCCOc1cc2c(OCCC)c(c1)Cc1cc(C(C)(C)C)cc(c1C(C)(C)C)Cc1cc(OCCC)cc(c1OCCC)Cc1cc(C(C)(C)C)cc(c1C(C)(C)C)C2. The van der Waals surface area contributed by atoms with Gasteiger partial charge in [0.05, 0.1) is 26.4 Å². The van der Waals surface area contributed by atoms with Crippen molar-refractivity contribution in [2.24, 2.45) is 0 Å². The zero-order valence-electron chi connectivity index (χ0n) is 40.7. The van der Waals surface area contributed by atoms with E-state index in [-0.39, 0.29) is 21.7 Å². The van der Waals surface area contributed by atoms with Gasteiger partial charge in [-0.1, -0.05) is 135 Å².